The molecule has 2 aromatic heterocycles. The normalized spacial score (nSPS) is 12.0. The Bertz CT molecular complexity index is 848. The van der Waals surface area contributed by atoms with Gasteiger partial charge < -0.3 is 0 Å². The molecule has 0 spiro atoms. The third-order valence-corrected chi connectivity index (χ3v) is 3.78. The fourth-order valence-electron chi connectivity index (χ4n) is 1.84. The van der Waals surface area contributed by atoms with Crippen molar-refractivity contribution < 1.29 is 0 Å². The molecular formula is C14H12N4OS. The van der Waals surface area contributed by atoms with E-state index in [0.29, 0.717) is 10.7 Å². The molecule has 0 saturated carbocycles. The van der Waals surface area contributed by atoms with E-state index in [2.05, 4.69) is 15.3 Å². The van der Waals surface area contributed by atoms with Crippen molar-refractivity contribution in [2.24, 2.45) is 0 Å². The van der Waals surface area contributed by atoms with E-state index in [9.17, 15) is 4.79 Å². The predicted molar refractivity (Wildman–Crippen MR) is 79.7 cm³/mol. The Labute approximate surface area is 119 Å². The van der Waals surface area contributed by atoms with E-state index in [1.807, 2.05) is 43.3 Å². The van der Waals surface area contributed by atoms with Crippen molar-refractivity contribution in [3.8, 4) is 0 Å². The standard InChI is InChI=1S/C14H12N4OS/c1-9(11-6-4-3-5-7-11)8-12-17-18-13(19)10(2)15-16-14(18)20-12/h3-8H,1-2H3/b9-8+. The molecule has 0 atom stereocenters. The van der Waals surface area contributed by atoms with Crippen LogP contribution in [-0.4, -0.2) is 19.8 Å². The smallest absolute Gasteiger partial charge is 0.265 e. The van der Waals surface area contributed by atoms with Crippen molar-refractivity contribution in [2.45, 2.75) is 13.8 Å². The lowest BCUT2D eigenvalue weighted by Gasteiger charge is -1.98. The average molecular weight is 284 g/mol. The lowest BCUT2D eigenvalue weighted by Crippen LogP contribution is -2.19. The maximum Gasteiger partial charge on any atom is 0.296 e. The molecular weight excluding hydrogens is 272 g/mol. The molecule has 0 amide bonds. The minimum absolute atomic E-state index is 0.219. The number of hydrogen-bond acceptors (Lipinski definition) is 5. The van der Waals surface area contributed by atoms with Gasteiger partial charge in [-0.25, -0.2) is 0 Å². The average Bonchev–Trinajstić information content (AvgIpc) is 2.87. The van der Waals surface area contributed by atoms with Crippen LogP contribution < -0.4 is 5.56 Å². The SMILES string of the molecule is C/C(=C\c1nn2c(=O)c(C)nnc2s1)c1ccccc1. The van der Waals surface area contributed by atoms with Gasteiger partial charge in [-0.15, -0.1) is 10.2 Å². The van der Waals surface area contributed by atoms with E-state index in [0.717, 1.165) is 16.1 Å². The highest BCUT2D eigenvalue weighted by Gasteiger charge is 2.08. The highest BCUT2D eigenvalue weighted by molar-refractivity contribution is 7.17. The minimum Gasteiger partial charge on any atom is -0.265 e. The van der Waals surface area contributed by atoms with E-state index in [1.54, 1.807) is 6.92 Å². The van der Waals surface area contributed by atoms with Gasteiger partial charge in [-0.05, 0) is 31.1 Å². The predicted octanol–water partition coefficient (Wildman–Crippen LogP) is 2.41. The summed E-state index contributed by atoms with van der Waals surface area (Å²) in [6.45, 7) is 3.65. The van der Waals surface area contributed by atoms with Gasteiger partial charge in [0.05, 0.1) is 0 Å². The van der Waals surface area contributed by atoms with Crippen LogP contribution in [-0.2, 0) is 0 Å². The van der Waals surface area contributed by atoms with Crippen LogP contribution in [0.2, 0.25) is 0 Å². The molecule has 0 aliphatic heterocycles. The summed E-state index contributed by atoms with van der Waals surface area (Å²) >= 11 is 1.34. The molecule has 3 aromatic rings. The van der Waals surface area contributed by atoms with Crippen LogP contribution in [0.1, 0.15) is 23.2 Å². The monoisotopic (exact) mass is 284 g/mol. The first-order valence-electron chi connectivity index (χ1n) is 6.12. The molecule has 6 heteroatoms. The molecule has 20 heavy (non-hydrogen) atoms. The summed E-state index contributed by atoms with van der Waals surface area (Å²) in [5.41, 5.74) is 2.34. The summed E-state index contributed by atoms with van der Waals surface area (Å²) in [5.74, 6) is 0. The van der Waals surface area contributed by atoms with E-state index < -0.39 is 0 Å². The van der Waals surface area contributed by atoms with Crippen LogP contribution in [0, 0.1) is 6.92 Å². The number of hydrogen-bond donors (Lipinski definition) is 0. The van der Waals surface area contributed by atoms with Gasteiger partial charge >= 0.3 is 0 Å². The van der Waals surface area contributed by atoms with Crippen molar-refractivity contribution in [2.75, 3.05) is 0 Å². The zero-order valence-electron chi connectivity index (χ0n) is 11.1. The number of fused-ring (bicyclic) bond motifs is 1. The van der Waals surface area contributed by atoms with Crippen LogP contribution in [0.25, 0.3) is 16.6 Å². The first-order valence-corrected chi connectivity index (χ1v) is 6.93. The third-order valence-electron chi connectivity index (χ3n) is 2.93. The molecule has 0 N–H and O–H groups in total. The van der Waals surface area contributed by atoms with Crippen molar-refractivity contribution >= 4 is 27.9 Å². The number of rotatable bonds is 2. The molecule has 0 unspecified atom stereocenters. The van der Waals surface area contributed by atoms with E-state index >= 15 is 0 Å². The van der Waals surface area contributed by atoms with Crippen molar-refractivity contribution in [1.82, 2.24) is 19.8 Å². The van der Waals surface area contributed by atoms with Gasteiger partial charge in [0.15, 0.2) is 0 Å². The van der Waals surface area contributed by atoms with Gasteiger partial charge in [-0.2, -0.15) is 9.61 Å². The molecule has 0 aliphatic carbocycles. The molecule has 0 fully saturated rings. The number of benzene rings is 1. The summed E-state index contributed by atoms with van der Waals surface area (Å²) in [7, 11) is 0. The van der Waals surface area contributed by atoms with E-state index in [-0.39, 0.29) is 5.56 Å². The second-order valence-corrected chi connectivity index (χ2v) is 5.41. The molecule has 0 saturated heterocycles. The molecule has 3 rings (SSSR count). The van der Waals surface area contributed by atoms with Gasteiger partial charge in [0, 0.05) is 0 Å². The summed E-state index contributed by atoms with van der Waals surface area (Å²) in [4.78, 5) is 12.4. The summed E-state index contributed by atoms with van der Waals surface area (Å²) in [5, 5.41) is 12.8. The van der Waals surface area contributed by atoms with Crippen LogP contribution in [0.5, 0.6) is 0 Å². The van der Waals surface area contributed by atoms with Crippen molar-refractivity contribution in [3.05, 3.63) is 57.0 Å². The highest BCUT2D eigenvalue weighted by Crippen LogP contribution is 2.19. The fourth-order valence-corrected chi connectivity index (χ4v) is 2.67. The maximum atomic E-state index is 11.9. The zero-order valence-corrected chi connectivity index (χ0v) is 11.9. The Morgan fingerprint density at radius 2 is 2.00 bits per heavy atom. The number of allylic oxidation sites excluding steroid dienone is 1. The lowest BCUT2D eigenvalue weighted by molar-refractivity contribution is 0.824. The number of aryl methyl sites for hydroxylation is 1. The first-order chi connectivity index (χ1) is 9.65. The van der Waals surface area contributed by atoms with Gasteiger partial charge in [-0.3, -0.25) is 4.79 Å². The Kier molecular flexibility index (Phi) is 3.15. The van der Waals surface area contributed by atoms with Crippen LogP contribution in [0.4, 0.5) is 0 Å². The topological polar surface area (TPSA) is 60.2 Å². The van der Waals surface area contributed by atoms with Crippen LogP contribution >= 0.6 is 11.3 Å². The molecule has 0 bridgehead atoms. The van der Waals surface area contributed by atoms with Gasteiger partial charge in [0.2, 0.25) is 4.96 Å². The quantitative estimate of drug-likeness (QED) is 0.725. The largest absolute Gasteiger partial charge is 0.296 e. The molecule has 0 radical (unpaired) electrons. The third kappa shape index (κ3) is 2.25. The summed E-state index contributed by atoms with van der Waals surface area (Å²) < 4.78 is 1.30. The summed E-state index contributed by atoms with van der Waals surface area (Å²) in [6, 6.07) is 10.0. The number of aromatic nitrogens is 4. The second-order valence-electron chi connectivity index (χ2n) is 4.42. The second kappa shape index (κ2) is 4.97. The Hall–Kier alpha value is -2.34. The van der Waals surface area contributed by atoms with Crippen LogP contribution in [0.3, 0.4) is 0 Å². The Morgan fingerprint density at radius 1 is 1.25 bits per heavy atom. The lowest BCUT2D eigenvalue weighted by atomic mass is 10.1. The van der Waals surface area contributed by atoms with Crippen LogP contribution in [0.15, 0.2) is 35.1 Å². The zero-order chi connectivity index (χ0) is 14.1. The van der Waals surface area contributed by atoms with E-state index in [4.69, 9.17) is 0 Å². The van der Waals surface area contributed by atoms with Gasteiger partial charge in [0.1, 0.15) is 10.7 Å². The minimum atomic E-state index is -0.219. The fraction of sp³-hybridized carbons (Fsp3) is 0.143. The Morgan fingerprint density at radius 3 is 2.75 bits per heavy atom. The first kappa shape index (κ1) is 12.7. The molecule has 2 heterocycles. The van der Waals surface area contributed by atoms with E-state index in [1.165, 1.54) is 15.9 Å². The highest BCUT2D eigenvalue weighted by atomic mass is 32.1. The summed E-state index contributed by atoms with van der Waals surface area (Å²) in [6.07, 6.45) is 1.95. The van der Waals surface area contributed by atoms with Gasteiger partial charge in [0.25, 0.3) is 5.56 Å². The molecule has 1 aromatic carbocycles. The maximum absolute atomic E-state index is 11.9. The van der Waals surface area contributed by atoms with Gasteiger partial charge in [-0.1, -0.05) is 41.7 Å². The molecule has 5 nitrogen and oxygen atoms in total. The van der Waals surface area contributed by atoms with Crippen molar-refractivity contribution in [3.63, 3.8) is 0 Å². The van der Waals surface area contributed by atoms with Crippen molar-refractivity contribution in [1.29, 1.82) is 0 Å². The molecule has 100 valence electrons. The number of nitrogens with zero attached hydrogens (tertiary/aromatic N) is 4. The Balaban J connectivity index is 2.08. The molecule has 0 aliphatic rings.